The molecule has 12 heteroatoms. The highest BCUT2D eigenvalue weighted by molar-refractivity contribution is 7.92. The molecule has 0 spiro atoms. The van der Waals surface area contributed by atoms with Crippen LogP contribution in [0.2, 0.25) is 0 Å². The van der Waals surface area contributed by atoms with Gasteiger partial charge in [0.2, 0.25) is 10.0 Å². The summed E-state index contributed by atoms with van der Waals surface area (Å²) >= 11 is 0. The van der Waals surface area contributed by atoms with E-state index in [0.29, 0.717) is 22.2 Å². The lowest BCUT2D eigenvalue weighted by Gasteiger charge is -2.25. The average molecular weight is 554 g/mol. The molecule has 1 heterocycles. The maximum Gasteiger partial charge on any atom is 0.504 e. The number of hydrogen-bond acceptors (Lipinski definition) is 6. The molecule has 1 aliphatic carbocycles. The van der Waals surface area contributed by atoms with Crippen LogP contribution in [0.4, 0.5) is 14.5 Å². The summed E-state index contributed by atoms with van der Waals surface area (Å²) in [5.41, 5.74) is 2.49. The minimum Gasteiger partial charge on any atom is -0.537 e. The molecule has 1 aliphatic rings. The van der Waals surface area contributed by atoms with Crippen molar-refractivity contribution < 1.29 is 36.1 Å². The normalized spacial score (nSPS) is 13.4. The van der Waals surface area contributed by atoms with Crippen molar-refractivity contribution in [1.29, 1.82) is 0 Å². The minimum atomic E-state index is -3.85. The van der Waals surface area contributed by atoms with Gasteiger partial charge in [-0.15, -0.1) is 0 Å². The quantitative estimate of drug-likeness (QED) is 0.300. The molecule has 4 aromatic rings. The molecule has 0 radical (unpaired) electrons. The molecule has 1 saturated carbocycles. The van der Waals surface area contributed by atoms with Crippen molar-refractivity contribution in [1.82, 2.24) is 5.32 Å². The van der Waals surface area contributed by atoms with E-state index in [4.69, 9.17) is 14.1 Å². The van der Waals surface area contributed by atoms with E-state index in [0.717, 1.165) is 30.7 Å². The molecular weight excluding hydrogens is 529 g/mol. The number of rotatable bonds is 9. The number of furan rings is 1. The molecule has 8 nitrogen and oxygen atoms in total. The molecule has 5 rings (SSSR count). The van der Waals surface area contributed by atoms with Gasteiger partial charge in [-0.25, -0.2) is 17.2 Å². The number of hydrogen-bond donors (Lipinski definition) is 2. The number of nitrogens with zero attached hydrogens (tertiary/aromatic N) is 1. The highest BCUT2D eigenvalue weighted by atomic mass is 32.2. The highest BCUT2D eigenvalue weighted by Crippen LogP contribution is 2.48. The number of amides is 1. The van der Waals surface area contributed by atoms with Gasteiger partial charge in [0, 0.05) is 24.1 Å². The number of carbonyl (C=O) groups excluding carboxylic acids is 1. The molecule has 1 fully saturated rings. The van der Waals surface area contributed by atoms with Crippen LogP contribution in [0.3, 0.4) is 0 Å². The maximum absolute atomic E-state index is 14.5. The summed E-state index contributed by atoms with van der Waals surface area (Å²) in [5, 5.41) is 12.0. The second-order valence-corrected chi connectivity index (χ2v) is 11.3. The molecule has 39 heavy (non-hydrogen) atoms. The van der Waals surface area contributed by atoms with Crippen LogP contribution < -0.4 is 14.3 Å². The Balaban J connectivity index is 1.68. The van der Waals surface area contributed by atoms with E-state index in [1.165, 1.54) is 47.8 Å². The molecule has 1 aromatic heterocycles. The summed E-state index contributed by atoms with van der Waals surface area (Å²) in [7, 11) is -3.05. The lowest BCUT2D eigenvalue weighted by molar-refractivity contribution is 0.0964. The van der Waals surface area contributed by atoms with Crippen LogP contribution in [-0.4, -0.2) is 40.3 Å². The lowest BCUT2D eigenvalue weighted by atomic mass is 10.00. The van der Waals surface area contributed by atoms with Crippen LogP contribution in [0.1, 0.15) is 40.2 Å². The predicted molar refractivity (Wildman–Crippen MR) is 144 cm³/mol. The summed E-state index contributed by atoms with van der Waals surface area (Å²) in [6.45, 7) is -0.172. The first-order valence-corrected chi connectivity index (χ1v) is 14.0. The van der Waals surface area contributed by atoms with E-state index < -0.39 is 35.3 Å². The molecule has 0 atom stereocenters. The highest BCUT2D eigenvalue weighted by Gasteiger charge is 2.33. The van der Waals surface area contributed by atoms with Gasteiger partial charge in [-0.3, -0.25) is 9.10 Å². The number of anilines is 1. The molecule has 0 saturated heterocycles. The smallest absolute Gasteiger partial charge is 0.504 e. The Bertz CT molecular complexity index is 1670. The topological polar surface area (TPSA) is 109 Å². The number of nitrogens with one attached hydrogen (secondary N) is 1. The standard InChI is InChI=1S/C27H25BF2N2O6S/c1-31-27(33)25-20-12-19(16-4-5-16)22(13-24(20)37-26(25)17-6-8-18(29)9-7-17)32(39(2,35)36)14-15-3-10-23(38-28-34)21(30)11-15/h3,6-13,16,28,34H,4-5,14H2,1-2H3,(H,31,33). The van der Waals surface area contributed by atoms with Crippen LogP contribution in [-0.2, 0) is 16.6 Å². The first kappa shape index (κ1) is 26.7. The third-order valence-electron chi connectivity index (χ3n) is 6.63. The van der Waals surface area contributed by atoms with Gasteiger partial charge in [0.05, 0.1) is 24.1 Å². The maximum atomic E-state index is 14.5. The Morgan fingerprint density at radius 3 is 2.46 bits per heavy atom. The molecule has 3 aromatic carbocycles. The largest absolute Gasteiger partial charge is 0.537 e. The number of fused-ring (bicyclic) bond motifs is 1. The minimum absolute atomic E-state index is 0.0763. The molecule has 0 aliphatic heterocycles. The van der Waals surface area contributed by atoms with Gasteiger partial charge >= 0.3 is 7.69 Å². The van der Waals surface area contributed by atoms with Gasteiger partial charge in [-0.1, -0.05) is 6.07 Å². The van der Waals surface area contributed by atoms with Crippen molar-refractivity contribution >= 4 is 40.3 Å². The zero-order chi connectivity index (χ0) is 27.9. The van der Waals surface area contributed by atoms with E-state index in [9.17, 15) is 22.0 Å². The third-order valence-corrected chi connectivity index (χ3v) is 7.75. The molecular formula is C27H25BF2N2O6S. The van der Waals surface area contributed by atoms with Gasteiger partial charge < -0.3 is 19.4 Å². The Kier molecular flexibility index (Phi) is 7.08. The molecule has 202 valence electrons. The van der Waals surface area contributed by atoms with E-state index in [1.807, 2.05) is 0 Å². The average Bonchev–Trinajstić information content (AvgIpc) is 3.68. The first-order chi connectivity index (χ1) is 18.6. The van der Waals surface area contributed by atoms with Crippen molar-refractivity contribution in [2.24, 2.45) is 0 Å². The summed E-state index contributed by atoms with van der Waals surface area (Å²) in [5.74, 6) is -1.42. The van der Waals surface area contributed by atoms with Crippen LogP contribution in [0.5, 0.6) is 5.75 Å². The fraction of sp³-hybridized carbons (Fsp3) is 0.222. The fourth-order valence-electron chi connectivity index (χ4n) is 4.62. The number of sulfonamides is 1. The molecule has 1 amide bonds. The van der Waals surface area contributed by atoms with Crippen LogP contribution >= 0.6 is 0 Å². The Morgan fingerprint density at radius 2 is 1.87 bits per heavy atom. The SMILES string of the molecule is CNC(=O)c1c(-c2ccc(F)cc2)oc2cc(N(Cc3ccc(OBO)c(F)c3)S(C)(=O)=O)c(C3CC3)cc12. The third kappa shape index (κ3) is 5.34. The summed E-state index contributed by atoms with van der Waals surface area (Å²) < 4.78 is 66.3. The Labute approximate surface area is 224 Å². The van der Waals surface area contributed by atoms with Crippen molar-refractivity contribution in [3.8, 4) is 17.1 Å². The lowest BCUT2D eigenvalue weighted by Crippen LogP contribution is -2.30. The second-order valence-electron chi connectivity index (χ2n) is 9.38. The number of halogens is 2. The fourth-order valence-corrected chi connectivity index (χ4v) is 5.52. The van der Waals surface area contributed by atoms with E-state index in [1.54, 1.807) is 12.1 Å². The molecule has 0 bridgehead atoms. The number of carbonyl (C=O) groups is 1. The Hall–Kier alpha value is -3.90. The van der Waals surface area contributed by atoms with Gasteiger partial charge in [0.1, 0.15) is 22.9 Å². The monoisotopic (exact) mass is 554 g/mol. The van der Waals surface area contributed by atoms with Crippen molar-refractivity contribution in [2.75, 3.05) is 17.6 Å². The predicted octanol–water partition coefficient (Wildman–Crippen LogP) is 4.22. The van der Waals surface area contributed by atoms with Crippen LogP contribution in [0.25, 0.3) is 22.3 Å². The first-order valence-electron chi connectivity index (χ1n) is 12.2. The second kappa shape index (κ2) is 10.3. The zero-order valence-corrected chi connectivity index (χ0v) is 22.0. The van der Waals surface area contributed by atoms with Gasteiger partial charge in [0.25, 0.3) is 5.91 Å². The van der Waals surface area contributed by atoms with E-state index >= 15 is 0 Å². The zero-order valence-electron chi connectivity index (χ0n) is 21.2. The Morgan fingerprint density at radius 1 is 1.15 bits per heavy atom. The summed E-state index contributed by atoms with van der Waals surface area (Å²) in [6, 6.07) is 12.9. The number of benzene rings is 3. The van der Waals surface area contributed by atoms with Crippen molar-refractivity contribution in [2.45, 2.75) is 25.3 Å². The van der Waals surface area contributed by atoms with Crippen molar-refractivity contribution in [3.05, 3.63) is 82.9 Å². The van der Waals surface area contributed by atoms with Gasteiger partial charge in [-0.2, -0.15) is 0 Å². The van der Waals surface area contributed by atoms with Crippen LogP contribution in [0.15, 0.2) is 59.0 Å². The van der Waals surface area contributed by atoms with E-state index in [-0.39, 0.29) is 35.1 Å². The van der Waals surface area contributed by atoms with Gasteiger partial charge in [-0.05, 0) is 72.4 Å². The van der Waals surface area contributed by atoms with Crippen LogP contribution in [0, 0.1) is 11.6 Å². The summed E-state index contributed by atoms with van der Waals surface area (Å²) in [4.78, 5) is 13.0. The molecule has 0 unspecified atom stereocenters. The molecule has 2 N–H and O–H groups in total. The summed E-state index contributed by atoms with van der Waals surface area (Å²) in [6.07, 6.45) is 2.75. The van der Waals surface area contributed by atoms with Gasteiger partial charge in [0.15, 0.2) is 5.82 Å². The van der Waals surface area contributed by atoms with Crippen molar-refractivity contribution in [3.63, 3.8) is 0 Å². The van der Waals surface area contributed by atoms with E-state index in [2.05, 4.69) is 5.32 Å².